The van der Waals surface area contributed by atoms with E-state index in [4.69, 9.17) is 11.6 Å². The van der Waals surface area contributed by atoms with Gasteiger partial charge in [-0.15, -0.1) is 13.2 Å². The predicted octanol–water partition coefficient (Wildman–Crippen LogP) is 5.97. The van der Waals surface area contributed by atoms with Crippen molar-refractivity contribution >= 4 is 29.2 Å². The fourth-order valence-electron chi connectivity index (χ4n) is 3.12. The normalized spacial score (nSPS) is 14.1. The molecule has 1 aliphatic rings. The van der Waals surface area contributed by atoms with Crippen molar-refractivity contribution in [1.29, 1.82) is 0 Å². The van der Waals surface area contributed by atoms with Gasteiger partial charge >= 0.3 is 6.36 Å². The van der Waals surface area contributed by atoms with Crippen LogP contribution in [0.15, 0.2) is 101 Å². The minimum Gasteiger partial charge on any atom is -0.406 e. The summed E-state index contributed by atoms with van der Waals surface area (Å²) in [4.78, 5) is 6.60. The van der Waals surface area contributed by atoms with Crippen molar-refractivity contribution < 1.29 is 17.9 Å². The highest BCUT2D eigenvalue weighted by Gasteiger charge is 2.30. The van der Waals surface area contributed by atoms with E-state index < -0.39 is 6.36 Å². The first kappa shape index (κ1) is 22.4. The van der Waals surface area contributed by atoms with Gasteiger partial charge in [-0.25, -0.2) is 0 Å². The van der Waals surface area contributed by atoms with Crippen LogP contribution in [0, 0.1) is 0 Å². The van der Waals surface area contributed by atoms with Crippen LogP contribution in [0.2, 0.25) is 5.02 Å². The number of nitrogens with one attached hydrogen (secondary N) is 1. The molecular formula is C24H18ClF3N4O. The van der Waals surface area contributed by atoms with Crippen LogP contribution >= 0.6 is 11.6 Å². The smallest absolute Gasteiger partial charge is 0.406 e. The first-order valence-corrected chi connectivity index (χ1v) is 10.2. The highest BCUT2D eigenvalue weighted by atomic mass is 35.5. The van der Waals surface area contributed by atoms with Gasteiger partial charge in [-0.3, -0.25) is 10.4 Å². The van der Waals surface area contributed by atoms with Gasteiger partial charge in [0.05, 0.1) is 11.9 Å². The van der Waals surface area contributed by atoms with Gasteiger partial charge in [-0.1, -0.05) is 41.9 Å². The van der Waals surface area contributed by atoms with E-state index >= 15 is 0 Å². The summed E-state index contributed by atoms with van der Waals surface area (Å²) in [5.41, 5.74) is 6.26. The van der Waals surface area contributed by atoms with Gasteiger partial charge in [0.2, 0.25) is 0 Å². The molecule has 1 heterocycles. The average Bonchev–Trinajstić information content (AvgIpc) is 2.80. The van der Waals surface area contributed by atoms with Crippen molar-refractivity contribution in [1.82, 2.24) is 5.43 Å². The second kappa shape index (κ2) is 9.79. The molecule has 3 aromatic carbocycles. The van der Waals surface area contributed by atoms with E-state index in [1.54, 1.807) is 12.1 Å². The van der Waals surface area contributed by atoms with Gasteiger partial charge in [-0.05, 0) is 59.7 Å². The number of rotatable bonds is 6. The van der Waals surface area contributed by atoms with Gasteiger partial charge in [0.25, 0.3) is 0 Å². The summed E-state index contributed by atoms with van der Waals surface area (Å²) in [6.45, 7) is 0.365. The molecule has 3 aromatic rings. The molecule has 0 spiro atoms. The third kappa shape index (κ3) is 6.14. The Hall–Kier alpha value is -3.78. The second-order valence-corrected chi connectivity index (χ2v) is 7.41. The second-order valence-electron chi connectivity index (χ2n) is 6.97. The molecule has 0 bridgehead atoms. The standard InChI is InChI=1S/C24H18ClF3N4O/c25-19-8-10-20(11-9-19)32-16-29-22(18-4-2-1-3-5-18)14-23(32)31-30-15-17-6-12-21(13-7-17)33-24(26,27)28/h1-15,31H,16H2. The lowest BCUT2D eigenvalue weighted by Crippen LogP contribution is -2.33. The largest absolute Gasteiger partial charge is 0.573 e. The lowest BCUT2D eigenvalue weighted by Gasteiger charge is -2.28. The summed E-state index contributed by atoms with van der Waals surface area (Å²) in [7, 11) is 0. The molecule has 1 aliphatic heterocycles. The predicted molar refractivity (Wildman–Crippen MR) is 124 cm³/mol. The Morgan fingerprint density at radius 3 is 2.33 bits per heavy atom. The van der Waals surface area contributed by atoms with E-state index in [1.807, 2.05) is 53.4 Å². The Labute approximate surface area is 193 Å². The summed E-state index contributed by atoms with van der Waals surface area (Å²) >= 11 is 6.02. The Morgan fingerprint density at radius 1 is 0.970 bits per heavy atom. The Balaban J connectivity index is 1.53. The van der Waals surface area contributed by atoms with Crippen molar-refractivity contribution in [3.8, 4) is 5.75 Å². The number of nitrogens with zero attached hydrogens (tertiary/aromatic N) is 3. The topological polar surface area (TPSA) is 49.2 Å². The van der Waals surface area contributed by atoms with Gasteiger partial charge < -0.3 is 9.64 Å². The molecule has 0 saturated carbocycles. The Bertz CT molecular complexity index is 1180. The van der Waals surface area contributed by atoms with Crippen molar-refractivity contribution in [2.45, 2.75) is 6.36 Å². The number of hydrogen-bond acceptors (Lipinski definition) is 5. The molecule has 0 unspecified atom stereocenters. The summed E-state index contributed by atoms with van der Waals surface area (Å²) in [5, 5.41) is 4.89. The molecule has 168 valence electrons. The van der Waals surface area contributed by atoms with Crippen molar-refractivity contribution in [3.63, 3.8) is 0 Å². The number of hydrazone groups is 1. The number of hydrogen-bond donors (Lipinski definition) is 1. The zero-order valence-corrected chi connectivity index (χ0v) is 17.9. The monoisotopic (exact) mass is 470 g/mol. The zero-order chi connectivity index (χ0) is 23.3. The minimum absolute atomic E-state index is 0.291. The first-order chi connectivity index (χ1) is 15.9. The van der Waals surface area contributed by atoms with E-state index in [1.165, 1.54) is 30.5 Å². The SMILES string of the molecule is FC(F)(F)Oc1ccc(C=NNC2=CC(c3ccccc3)=NCN2c2ccc(Cl)cc2)cc1. The maximum absolute atomic E-state index is 12.3. The van der Waals surface area contributed by atoms with Crippen LogP contribution in [0.3, 0.4) is 0 Å². The quantitative estimate of drug-likeness (QED) is 0.356. The molecule has 5 nitrogen and oxygen atoms in total. The van der Waals surface area contributed by atoms with E-state index in [9.17, 15) is 13.2 Å². The van der Waals surface area contributed by atoms with Crippen LogP contribution in [0.1, 0.15) is 11.1 Å². The summed E-state index contributed by atoms with van der Waals surface area (Å²) in [6, 6.07) is 22.5. The molecule has 0 amide bonds. The first-order valence-electron chi connectivity index (χ1n) is 9.87. The van der Waals surface area contributed by atoms with Crippen LogP contribution in [-0.4, -0.2) is 25.0 Å². The Kier molecular flexibility index (Phi) is 6.65. The van der Waals surface area contributed by atoms with Gasteiger partial charge in [0.1, 0.15) is 18.2 Å². The Morgan fingerprint density at radius 2 is 1.67 bits per heavy atom. The molecule has 0 saturated heterocycles. The van der Waals surface area contributed by atoms with Gasteiger partial charge in [0.15, 0.2) is 0 Å². The fourth-order valence-corrected chi connectivity index (χ4v) is 3.25. The highest BCUT2D eigenvalue weighted by molar-refractivity contribution is 6.30. The van der Waals surface area contributed by atoms with Crippen LogP contribution in [0.5, 0.6) is 5.75 Å². The van der Waals surface area contributed by atoms with Crippen LogP contribution in [-0.2, 0) is 0 Å². The molecule has 4 rings (SSSR count). The lowest BCUT2D eigenvalue weighted by molar-refractivity contribution is -0.274. The van der Waals surface area contributed by atoms with Gasteiger partial charge in [-0.2, -0.15) is 5.10 Å². The van der Waals surface area contributed by atoms with E-state index in [0.29, 0.717) is 23.1 Å². The van der Waals surface area contributed by atoms with Crippen LogP contribution < -0.4 is 15.1 Å². The van der Waals surface area contributed by atoms with Crippen molar-refractivity contribution in [3.05, 3.63) is 107 Å². The number of halogens is 4. The van der Waals surface area contributed by atoms with E-state index in [-0.39, 0.29) is 5.75 Å². The maximum Gasteiger partial charge on any atom is 0.573 e. The molecule has 0 aliphatic carbocycles. The molecule has 0 aromatic heterocycles. The molecule has 0 radical (unpaired) electrons. The van der Waals surface area contributed by atoms with E-state index in [0.717, 1.165) is 17.0 Å². The van der Waals surface area contributed by atoms with Crippen LogP contribution in [0.4, 0.5) is 18.9 Å². The molecule has 9 heteroatoms. The van der Waals surface area contributed by atoms with Crippen LogP contribution in [0.25, 0.3) is 0 Å². The molecule has 0 atom stereocenters. The number of benzene rings is 3. The highest BCUT2D eigenvalue weighted by Crippen LogP contribution is 2.24. The fraction of sp³-hybridized carbons (Fsp3) is 0.0833. The average molecular weight is 471 g/mol. The number of aliphatic imine (C=N–C) groups is 1. The zero-order valence-electron chi connectivity index (χ0n) is 17.1. The third-order valence-corrected chi connectivity index (χ3v) is 4.91. The number of allylic oxidation sites excluding steroid dienone is 1. The van der Waals surface area contributed by atoms with Gasteiger partial charge in [0, 0.05) is 16.8 Å². The van der Waals surface area contributed by atoms with Crippen molar-refractivity contribution in [2.75, 3.05) is 11.6 Å². The maximum atomic E-state index is 12.3. The van der Waals surface area contributed by atoms with E-state index in [2.05, 4.69) is 20.3 Å². The molecule has 33 heavy (non-hydrogen) atoms. The summed E-state index contributed by atoms with van der Waals surface area (Å²) < 4.78 is 40.8. The minimum atomic E-state index is -4.73. The number of anilines is 1. The third-order valence-electron chi connectivity index (χ3n) is 4.66. The molecular weight excluding hydrogens is 453 g/mol. The summed E-state index contributed by atoms with van der Waals surface area (Å²) in [6.07, 6.45) is -1.34. The van der Waals surface area contributed by atoms with Crippen molar-refractivity contribution in [2.24, 2.45) is 10.1 Å². The lowest BCUT2D eigenvalue weighted by atomic mass is 10.1. The molecule has 0 fully saturated rings. The number of ether oxygens (including phenoxy) is 1. The number of alkyl halides is 3. The summed E-state index contributed by atoms with van der Waals surface area (Å²) in [5.74, 6) is 0.389. The molecule has 1 N–H and O–H groups in total.